The van der Waals surface area contributed by atoms with Crippen LogP contribution in [0.2, 0.25) is 0 Å². The second-order valence-corrected chi connectivity index (χ2v) is 6.63. The van der Waals surface area contributed by atoms with Crippen molar-refractivity contribution in [3.8, 4) is 0 Å². The van der Waals surface area contributed by atoms with Gasteiger partial charge in [0.05, 0.1) is 0 Å². The Balaban J connectivity index is 2.17. The summed E-state index contributed by atoms with van der Waals surface area (Å²) in [4.78, 5) is 2.57. The van der Waals surface area contributed by atoms with Crippen LogP contribution < -0.4 is 5.32 Å². The van der Waals surface area contributed by atoms with Crippen LogP contribution in [0.3, 0.4) is 0 Å². The van der Waals surface area contributed by atoms with Gasteiger partial charge in [-0.3, -0.25) is 4.90 Å². The number of anilines is 1. The fraction of sp³-hybridized carbons (Fsp3) is 0.455. The highest BCUT2D eigenvalue weighted by atomic mass is 15.1. The minimum atomic E-state index is 0.410. The zero-order chi connectivity index (χ0) is 17.4. The van der Waals surface area contributed by atoms with Gasteiger partial charge in [0.15, 0.2) is 0 Å². The lowest BCUT2D eigenvalue weighted by Crippen LogP contribution is -2.27. The number of nitrogens with zero attached hydrogens (tertiary/aromatic N) is 1. The van der Waals surface area contributed by atoms with Gasteiger partial charge in [-0.15, -0.1) is 0 Å². The fourth-order valence-corrected chi connectivity index (χ4v) is 3.08. The molecule has 1 unspecified atom stereocenters. The lowest BCUT2D eigenvalue weighted by molar-refractivity contribution is 0.202. The standard InChI is InChI=1S/C22H32N2/c1-5-14-23-22-16-21(13-12-18(22)3)19(4)24(15-6-2)17-20-10-8-7-9-11-20/h7-13,16,19,23H,5-6,14-15,17H2,1-4H3. The van der Waals surface area contributed by atoms with Gasteiger partial charge in [0.1, 0.15) is 0 Å². The van der Waals surface area contributed by atoms with Crippen molar-refractivity contribution in [3.63, 3.8) is 0 Å². The van der Waals surface area contributed by atoms with Crippen LogP contribution in [0, 0.1) is 6.92 Å². The Kier molecular flexibility index (Phi) is 7.33. The molecule has 0 heterocycles. The van der Waals surface area contributed by atoms with Crippen molar-refractivity contribution in [1.29, 1.82) is 0 Å². The predicted molar refractivity (Wildman–Crippen MR) is 106 cm³/mol. The average Bonchev–Trinajstić information content (AvgIpc) is 2.61. The summed E-state index contributed by atoms with van der Waals surface area (Å²) in [6, 6.07) is 18.1. The van der Waals surface area contributed by atoms with Gasteiger partial charge in [0.25, 0.3) is 0 Å². The quantitative estimate of drug-likeness (QED) is 0.628. The molecule has 130 valence electrons. The zero-order valence-corrected chi connectivity index (χ0v) is 15.7. The minimum Gasteiger partial charge on any atom is -0.385 e. The van der Waals surface area contributed by atoms with E-state index in [-0.39, 0.29) is 0 Å². The lowest BCUT2D eigenvalue weighted by Gasteiger charge is -2.30. The summed E-state index contributed by atoms with van der Waals surface area (Å²) >= 11 is 0. The highest BCUT2D eigenvalue weighted by molar-refractivity contribution is 5.53. The molecule has 0 aliphatic rings. The summed E-state index contributed by atoms with van der Waals surface area (Å²) in [6.07, 6.45) is 2.32. The summed E-state index contributed by atoms with van der Waals surface area (Å²) in [7, 11) is 0. The van der Waals surface area contributed by atoms with Crippen LogP contribution in [0.1, 0.15) is 56.3 Å². The zero-order valence-electron chi connectivity index (χ0n) is 15.7. The van der Waals surface area contributed by atoms with Gasteiger partial charge in [-0.05, 0) is 56.0 Å². The van der Waals surface area contributed by atoms with E-state index in [1.165, 1.54) is 28.8 Å². The topological polar surface area (TPSA) is 15.3 Å². The highest BCUT2D eigenvalue weighted by Crippen LogP contribution is 2.27. The monoisotopic (exact) mass is 324 g/mol. The molecule has 2 nitrogen and oxygen atoms in total. The number of hydrogen-bond acceptors (Lipinski definition) is 2. The van der Waals surface area contributed by atoms with Crippen molar-refractivity contribution in [2.45, 2.75) is 53.1 Å². The first kappa shape index (κ1) is 18.5. The van der Waals surface area contributed by atoms with Gasteiger partial charge in [-0.25, -0.2) is 0 Å². The molecule has 0 amide bonds. The molecule has 2 aromatic rings. The summed E-state index contributed by atoms with van der Waals surface area (Å²) in [5, 5.41) is 3.56. The molecule has 1 atom stereocenters. The van der Waals surface area contributed by atoms with Gasteiger partial charge in [-0.2, -0.15) is 0 Å². The van der Waals surface area contributed by atoms with Crippen LogP contribution in [-0.2, 0) is 6.54 Å². The van der Waals surface area contributed by atoms with E-state index in [9.17, 15) is 0 Å². The maximum Gasteiger partial charge on any atom is 0.0373 e. The minimum absolute atomic E-state index is 0.410. The van der Waals surface area contributed by atoms with Crippen LogP contribution in [-0.4, -0.2) is 18.0 Å². The summed E-state index contributed by atoms with van der Waals surface area (Å²) in [5.41, 5.74) is 5.37. The van der Waals surface area contributed by atoms with Crippen molar-refractivity contribution >= 4 is 5.69 Å². The molecule has 24 heavy (non-hydrogen) atoms. The summed E-state index contributed by atoms with van der Waals surface area (Å²) in [6.45, 7) is 12.1. The molecule has 0 aromatic heterocycles. The molecular formula is C22H32N2. The second-order valence-electron chi connectivity index (χ2n) is 6.63. The molecule has 0 spiro atoms. The normalized spacial score (nSPS) is 12.4. The Labute approximate surface area is 147 Å². The molecule has 2 aromatic carbocycles. The molecule has 2 rings (SSSR count). The van der Waals surface area contributed by atoms with E-state index in [0.717, 1.165) is 26.1 Å². The van der Waals surface area contributed by atoms with Crippen molar-refractivity contribution in [2.75, 3.05) is 18.4 Å². The SMILES string of the molecule is CCCNc1cc(C(C)N(CCC)Cc2ccccc2)ccc1C. The molecule has 1 N–H and O–H groups in total. The van der Waals surface area contributed by atoms with E-state index < -0.39 is 0 Å². The van der Waals surface area contributed by atoms with E-state index >= 15 is 0 Å². The first-order chi connectivity index (χ1) is 11.7. The number of aryl methyl sites for hydroxylation is 1. The largest absolute Gasteiger partial charge is 0.385 e. The Morgan fingerprint density at radius 2 is 1.75 bits per heavy atom. The van der Waals surface area contributed by atoms with Crippen LogP contribution in [0.4, 0.5) is 5.69 Å². The first-order valence-electron chi connectivity index (χ1n) is 9.28. The summed E-state index contributed by atoms with van der Waals surface area (Å²) in [5.74, 6) is 0. The van der Waals surface area contributed by atoms with Gasteiger partial charge in [0.2, 0.25) is 0 Å². The van der Waals surface area contributed by atoms with Crippen molar-refractivity contribution in [2.24, 2.45) is 0 Å². The van der Waals surface area contributed by atoms with Crippen LogP contribution in [0.5, 0.6) is 0 Å². The van der Waals surface area contributed by atoms with Gasteiger partial charge < -0.3 is 5.32 Å². The third-order valence-corrected chi connectivity index (χ3v) is 4.60. The van der Waals surface area contributed by atoms with Crippen molar-refractivity contribution in [3.05, 3.63) is 65.2 Å². The van der Waals surface area contributed by atoms with Crippen LogP contribution in [0.15, 0.2) is 48.5 Å². The number of hydrogen-bond donors (Lipinski definition) is 1. The van der Waals surface area contributed by atoms with Gasteiger partial charge in [0, 0.05) is 24.8 Å². The molecule has 0 radical (unpaired) electrons. The lowest BCUT2D eigenvalue weighted by atomic mass is 10.0. The smallest absolute Gasteiger partial charge is 0.0373 e. The number of nitrogens with one attached hydrogen (secondary N) is 1. The van der Waals surface area contributed by atoms with E-state index in [1.807, 2.05) is 0 Å². The van der Waals surface area contributed by atoms with E-state index in [4.69, 9.17) is 0 Å². The van der Waals surface area contributed by atoms with Crippen molar-refractivity contribution in [1.82, 2.24) is 4.90 Å². The molecule has 2 heteroatoms. The Hall–Kier alpha value is -1.80. The Morgan fingerprint density at radius 1 is 1.00 bits per heavy atom. The molecule has 0 aliphatic heterocycles. The molecule has 0 fully saturated rings. The molecule has 0 saturated carbocycles. The van der Waals surface area contributed by atoms with E-state index in [1.54, 1.807) is 0 Å². The van der Waals surface area contributed by atoms with Gasteiger partial charge >= 0.3 is 0 Å². The predicted octanol–water partition coefficient (Wildman–Crippen LogP) is 5.79. The van der Waals surface area contributed by atoms with Crippen LogP contribution in [0.25, 0.3) is 0 Å². The maximum absolute atomic E-state index is 3.56. The Bertz CT molecular complexity index is 607. The molecule has 0 aliphatic carbocycles. The number of rotatable bonds is 9. The van der Waals surface area contributed by atoms with E-state index in [0.29, 0.717) is 6.04 Å². The molecule has 0 saturated heterocycles. The third-order valence-electron chi connectivity index (χ3n) is 4.60. The van der Waals surface area contributed by atoms with Crippen LogP contribution >= 0.6 is 0 Å². The number of benzene rings is 2. The fourth-order valence-electron chi connectivity index (χ4n) is 3.08. The molecule has 0 bridgehead atoms. The highest BCUT2D eigenvalue weighted by Gasteiger charge is 2.16. The maximum atomic E-state index is 3.56. The first-order valence-corrected chi connectivity index (χ1v) is 9.28. The Morgan fingerprint density at radius 3 is 2.42 bits per heavy atom. The average molecular weight is 325 g/mol. The second kappa shape index (κ2) is 9.48. The summed E-state index contributed by atoms with van der Waals surface area (Å²) < 4.78 is 0. The molecular weight excluding hydrogens is 292 g/mol. The van der Waals surface area contributed by atoms with Gasteiger partial charge in [-0.1, -0.05) is 56.3 Å². The third kappa shape index (κ3) is 5.10. The van der Waals surface area contributed by atoms with E-state index in [2.05, 4.69) is 86.4 Å². The van der Waals surface area contributed by atoms with Crippen molar-refractivity contribution < 1.29 is 0 Å².